The van der Waals surface area contributed by atoms with E-state index < -0.39 is 0 Å². The predicted molar refractivity (Wildman–Crippen MR) is 74.2 cm³/mol. The summed E-state index contributed by atoms with van der Waals surface area (Å²) in [5.41, 5.74) is 1.65. The molecular formula is C14H22N2O2. The molecule has 18 heavy (non-hydrogen) atoms. The number of esters is 1. The molecule has 0 saturated carbocycles. The van der Waals surface area contributed by atoms with Gasteiger partial charge in [-0.1, -0.05) is 0 Å². The van der Waals surface area contributed by atoms with Gasteiger partial charge in [0.15, 0.2) is 0 Å². The molecule has 1 atom stereocenters. The summed E-state index contributed by atoms with van der Waals surface area (Å²) in [6.45, 7) is 2.62. The van der Waals surface area contributed by atoms with Crippen LogP contribution in [0.2, 0.25) is 0 Å². The first kappa shape index (κ1) is 14.5. The number of hydrogen-bond donors (Lipinski definition) is 0. The Morgan fingerprint density at radius 1 is 1.17 bits per heavy atom. The van der Waals surface area contributed by atoms with Gasteiger partial charge in [-0.2, -0.15) is 0 Å². The van der Waals surface area contributed by atoms with Crippen molar-refractivity contribution in [2.45, 2.75) is 13.0 Å². The van der Waals surface area contributed by atoms with Crippen molar-refractivity contribution in [3.05, 3.63) is 29.8 Å². The van der Waals surface area contributed by atoms with Gasteiger partial charge in [0.05, 0.1) is 5.56 Å². The van der Waals surface area contributed by atoms with Gasteiger partial charge in [0.25, 0.3) is 0 Å². The fourth-order valence-electron chi connectivity index (χ4n) is 1.70. The predicted octanol–water partition coefficient (Wildman–Crippen LogP) is 1.86. The zero-order valence-corrected chi connectivity index (χ0v) is 11.8. The second-order valence-electron chi connectivity index (χ2n) is 4.92. The van der Waals surface area contributed by atoms with Gasteiger partial charge < -0.3 is 14.5 Å². The third-order valence-electron chi connectivity index (χ3n) is 2.55. The van der Waals surface area contributed by atoms with Crippen LogP contribution in [0.25, 0.3) is 0 Å². The molecule has 1 aromatic carbocycles. The molecule has 0 spiro atoms. The lowest BCUT2D eigenvalue weighted by molar-refractivity contribution is 0.0289. The first-order chi connectivity index (χ1) is 8.40. The molecule has 4 nitrogen and oxygen atoms in total. The summed E-state index contributed by atoms with van der Waals surface area (Å²) in [5.74, 6) is -0.269. The van der Waals surface area contributed by atoms with Crippen LogP contribution in [0.1, 0.15) is 17.3 Å². The zero-order valence-electron chi connectivity index (χ0n) is 11.8. The molecule has 0 heterocycles. The van der Waals surface area contributed by atoms with Crippen molar-refractivity contribution in [1.29, 1.82) is 0 Å². The number of benzene rings is 1. The monoisotopic (exact) mass is 250 g/mol. The molecule has 0 aliphatic rings. The molecule has 0 aromatic heterocycles. The maximum Gasteiger partial charge on any atom is 0.338 e. The molecule has 0 aliphatic carbocycles. The Morgan fingerprint density at radius 3 is 2.17 bits per heavy atom. The fraction of sp³-hybridized carbons (Fsp3) is 0.500. The van der Waals surface area contributed by atoms with Gasteiger partial charge in [-0.05, 0) is 45.3 Å². The van der Waals surface area contributed by atoms with Crippen molar-refractivity contribution in [2.24, 2.45) is 0 Å². The highest BCUT2D eigenvalue weighted by Crippen LogP contribution is 2.13. The first-order valence-corrected chi connectivity index (χ1v) is 6.03. The Hall–Kier alpha value is -1.55. The van der Waals surface area contributed by atoms with Crippen LogP contribution in [-0.4, -0.2) is 51.7 Å². The number of ether oxygens (including phenoxy) is 1. The highest BCUT2D eigenvalue weighted by atomic mass is 16.5. The average Bonchev–Trinajstić information content (AvgIpc) is 2.27. The molecule has 100 valence electrons. The van der Waals surface area contributed by atoms with E-state index in [1.807, 2.05) is 57.0 Å². The minimum absolute atomic E-state index is 0.110. The molecule has 0 saturated heterocycles. The summed E-state index contributed by atoms with van der Waals surface area (Å²) in [4.78, 5) is 15.8. The second-order valence-corrected chi connectivity index (χ2v) is 4.92. The number of rotatable bonds is 5. The van der Waals surface area contributed by atoms with Crippen molar-refractivity contribution < 1.29 is 9.53 Å². The number of hydrogen-bond acceptors (Lipinski definition) is 4. The normalized spacial score (nSPS) is 12.3. The Balaban J connectivity index is 2.61. The quantitative estimate of drug-likeness (QED) is 0.747. The van der Waals surface area contributed by atoms with Crippen LogP contribution in [0.4, 0.5) is 5.69 Å². The maximum atomic E-state index is 11.9. The lowest BCUT2D eigenvalue weighted by atomic mass is 10.2. The van der Waals surface area contributed by atoms with Crippen LogP contribution in [0.3, 0.4) is 0 Å². The van der Waals surface area contributed by atoms with E-state index in [1.165, 1.54) is 0 Å². The Labute approximate surface area is 109 Å². The van der Waals surface area contributed by atoms with Crippen molar-refractivity contribution in [1.82, 2.24) is 4.90 Å². The van der Waals surface area contributed by atoms with Crippen LogP contribution in [0.15, 0.2) is 24.3 Å². The van der Waals surface area contributed by atoms with Gasteiger partial charge in [0, 0.05) is 26.3 Å². The maximum absolute atomic E-state index is 11.9. The third kappa shape index (κ3) is 4.37. The number of anilines is 1. The number of carbonyl (C=O) groups is 1. The molecule has 0 aliphatic heterocycles. The molecule has 0 bridgehead atoms. The van der Waals surface area contributed by atoms with Crippen molar-refractivity contribution in [2.75, 3.05) is 39.6 Å². The van der Waals surface area contributed by atoms with Crippen LogP contribution in [0, 0.1) is 0 Å². The smallest absolute Gasteiger partial charge is 0.338 e. The lowest BCUT2D eigenvalue weighted by Gasteiger charge is -2.18. The highest BCUT2D eigenvalue weighted by molar-refractivity contribution is 5.89. The van der Waals surface area contributed by atoms with Gasteiger partial charge in [-0.15, -0.1) is 0 Å². The number of likely N-dealkylation sites (N-methyl/N-ethyl adjacent to an activating group) is 1. The van der Waals surface area contributed by atoms with Crippen LogP contribution in [0.5, 0.6) is 0 Å². The van der Waals surface area contributed by atoms with E-state index in [-0.39, 0.29) is 12.1 Å². The fourth-order valence-corrected chi connectivity index (χ4v) is 1.70. The molecule has 4 heteroatoms. The van der Waals surface area contributed by atoms with E-state index >= 15 is 0 Å². The van der Waals surface area contributed by atoms with Gasteiger partial charge >= 0.3 is 5.97 Å². The topological polar surface area (TPSA) is 32.8 Å². The van der Waals surface area contributed by atoms with Gasteiger partial charge in [0.2, 0.25) is 0 Å². The standard InChI is InChI=1S/C14H22N2O2/c1-11(10-15(2)3)18-14(17)12-6-8-13(9-7-12)16(4)5/h6-9,11H,10H2,1-5H3. The SMILES string of the molecule is CC(CN(C)C)OC(=O)c1ccc(N(C)C)cc1. The van der Waals surface area contributed by atoms with E-state index in [0.29, 0.717) is 5.56 Å². The molecule has 0 amide bonds. The average molecular weight is 250 g/mol. The number of nitrogens with zero attached hydrogens (tertiary/aromatic N) is 2. The van der Waals surface area contributed by atoms with Crippen LogP contribution >= 0.6 is 0 Å². The molecule has 0 N–H and O–H groups in total. The molecule has 0 fully saturated rings. The van der Waals surface area contributed by atoms with E-state index in [4.69, 9.17) is 4.74 Å². The molecular weight excluding hydrogens is 228 g/mol. The highest BCUT2D eigenvalue weighted by Gasteiger charge is 2.12. The summed E-state index contributed by atoms with van der Waals surface area (Å²) in [6.07, 6.45) is -0.110. The van der Waals surface area contributed by atoms with E-state index in [9.17, 15) is 4.79 Å². The lowest BCUT2D eigenvalue weighted by Crippen LogP contribution is -2.28. The minimum atomic E-state index is -0.269. The van der Waals surface area contributed by atoms with E-state index in [2.05, 4.69) is 0 Å². The van der Waals surface area contributed by atoms with Crippen LogP contribution < -0.4 is 4.90 Å². The van der Waals surface area contributed by atoms with Crippen molar-refractivity contribution in [3.63, 3.8) is 0 Å². The van der Waals surface area contributed by atoms with Gasteiger partial charge in [-0.3, -0.25) is 0 Å². The third-order valence-corrected chi connectivity index (χ3v) is 2.55. The van der Waals surface area contributed by atoms with Crippen molar-refractivity contribution >= 4 is 11.7 Å². The Morgan fingerprint density at radius 2 is 1.72 bits per heavy atom. The summed E-state index contributed by atoms with van der Waals surface area (Å²) >= 11 is 0. The van der Waals surface area contributed by atoms with E-state index in [1.54, 1.807) is 12.1 Å². The minimum Gasteiger partial charge on any atom is -0.458 e. The van der Waals surface area contributed by atoms with E-state index in [0.717, 1.165) is 12.2 Å². The van der Waals surface area contributed by atoms with Crippen molar-refractivity contribution in [3.8, 4) is 0 Å². The second kappa shape index (κ2) is 6.40. The molecule has 1 unspecified atom stereocenters. The molecule has 1 rings (SSSR count). The summed E-state index contributed by atoms with van der Waals surface area (Å²) < 4.78 is 5.35. The van der Waals surface area contributed by atoms with Gasteiger partial charge in [0.1, 0.15) is 6.10 Å². The Bertz CT molecular complexity index is 385. The summed E-state index contributed by atoms with van der Waals surface area (Å²) in [5, 5.41) is 0. The zero-order chi connectivity index (χ0) is 13.7. The molecule has 1 aromatic rings. The first-order valence-electron chi connectivity index (χ1n) is 6.03. The van der Waals surface area contributed by atoms with Crippen LogP contribution in [-0.2, 0) is 4.74 Å². The van der Waals surface area contributed by atoms with Gasteiger partial charge in [-0.25, -0.2) is 4.79 Å². The number of carbonyl (C=O) groups excluding carboxylic acids is 1. The summed E-state index contributed by atoms with van der Waals surface area (Å²) in [7, 11) is 7.84. The summed E-state index contributed by atoms with van der Waals surface area (Å²) in [6, 6.07) is 7.40. The Kier molecular flexibility index (Phi) is 5.16. The largest absolute Gasteiger partial charge is 0.458 e. The molecule has 0 radical (unpaired) electrons.